The van der Waals surface area contributed by atoms with Gasteiger partial charge in [-0.2, -0.15) is 5.10 Å². The van der Waals surface area contributed by atoms with Gasteiger partial charge in [0.15, 0.2) is 0 Å². The van der Waals surface area contributed by atoms with Gasteiger partial charge in [-0.25, -0.2) is 0 Å². The molecule has 1 aliphatic heterocycles. The fourth-order valence-electron chi connectivity index (χ4n) is 4.02. The smallest absolute Gasteiger partial charge is 0.0534 e. The fourth-order valence-corrected chi connectivity index (χ4v) is 4.02. The molecule has 4 nitrogen and oxygen atoms in total. The lowest BCUT2D eigenvalue weighted by Gasteiger charge is -2.54. The largest absolute Gasteiger partial charge is 0.309 e. The van der Waals surface area contributed by atoms with E-state index in [1.165, 1.54) is 37.7 Å². The van der Waals surface area contributed by atoms with Crippen LogP contribution >= 0.6 is 0 Å². The number of nitrogens with zero attached hydrogens (tertiary/aromatic N) is 3. The van der Waals surface area contributed by atoms with Crippen LogP contribution in [-0.4, -0.2) is 38.8 Å². The Morgan fingerprint density at radius 3 is 2.67 bits per heavy atom. The van der Waals surface area contributed by atoms with Crippen LogP contribution in [0.25, 0.3) is 0 Å². The predicted octanol–water partition coefficient (Wildman–Crippen LogP) is 2.79. The first-order valence-electron chi connectivity index (χ1n) is 8.54. The van der Waals surface area contributed by atoms with Gasteiger partial charge in [-0.05, 0) is 33.6 Å². The van der Waals surface area contributed by atoms with E-state index >= 15 is 0 Å². The van der Waals surface area contributed by atoms with E-state index in [-0.39, 0.29) is 5.54 Å². The summed E-state index contributed by atoms with van der Waals surface area (Å²) in [5, 5.41) is 8.23. The molecule has 1 aromatic rings. The maximum Gasteiger partial charge on any atom is 0.0534 e. The van der Waals surface area contributed by atoms with Crippen LogP contribution in [0.2, 0.25) is 0 Å². The van der Waals surface area contributed by atoms with Crippen LogP contribution in [0.5, 0.6) is 0 Å². The van der Waals surface area contributed by atoms with E-state index in [1.54, 1.807) is 0 Å². The van der Waals surface area contributed by atoms with Crippen molar-refractivity contribution >= 4 is 0 Å². The summed E-state index contributed by atoms with van der Waals surface area (Å²) in [6.45, 7) is 11.1. The first kappa shape index (κ1) is 15.0. The van der Waals surface area contributed by atoms with Crippen LogP contribution in [0.15, 0.2) is 12.4 Å². The molecule has 2 heterocycles. The van der Waals surface area contributed by atoms with Crippen molar-refractivity contribution < 1.29 is 0 Å². The summed E-state index contributed by atoms with van der Waals surface area (Å²) in [5.74, 6) is 0. The van der Waals surface area contributed by atoms with E-state index in [2.05, 4.69) is 48.5 Å². The molecule has 2 aliphatic rings. The summed E-state index contributed by atoms with van der Waals surface area (Å²) in [4.78, 5) is 2.75. The molecular formula is C17H30N4. The van der Waals surface area contributed by atoms with E-state index in [0.29, 0.717) is 5.54 Å². The topological polar surface area (TPSA) is 33.1 Å². The highest BCUT2D eigenvalue weighted by atomic mass is 15.3. The van der Waals surface area contributed by atoms with Gasteiger partial charge in [-0.15, -0.1) is 0 Å². The van der Waals surface area contributed by atoms with Gasteiger partial charge in [0, 0.05) is 49.0 Å². The molecule has 1 spiro atoms. The zero-order valence-corrected chi connectivity index (χ0v) is 13.9. The summed E-state index contributed by atoms with van der Waals surface area (Å²) in [6, 6.07) is 0. The second-order valence-corrected chi connectivity index (χ2v) is 7.58. The molecule has 1 N–H and O–H groups in total. The number of rotatable bonds is 3. The molecule has 1 saturated heterocycles. The third-order valence-electron chi connectivity index (χ3n) is 5.32. The molecular weight excluding hydrogens is 260 g/mol. The number of aromatic nitrogens is 2. The summed E-state index contributed by atoms with van der Waals surface area (Å²) in [5.41, 5.74) is 1.95. The van der Waals surface area contributed by atoms with Gasteiger partial charge in [-0.3, -0.25) is 9.58 Å². The van der Waals surface area contributed by atoms with Gasteiger partial charge in [0.05, 0.1) is 6.20 Å². The van der Waals surface area contributed by atoms with Crippen LogP contribution in [0, 0.1) is 0 Å². The minimum absolute atomic E-state index is 0.212. The Labute approximate surface area is 128 Å². The van der Waals surface area contributed by atoms with Crippen molar-refractivity contribution in [3.63, 3.8) is 0 Å². The molecule has 1 aromatic heterocycles. The maximum atomic E-state index is 4.44. The van der Waals surface area contributed by atoms with Gasteiger partial charge in [0.1, 0.15) is 0 Å². The minimum atomic E-state index is 0.212. The Morgan fingerprint density at radius 1 is 1.24 bits per heavy atom. The minimum Gasteiger partial charge on any atom is -0.309 e. The lowest BCUT2D eigenvalue weighted by Crippen LogP contribution is -2.68. The molecule has 2 fully saturated rings. The molecule has 1 saturated carbocycles. The second kappa shape index (κ2) is 5.73. The Hall–Kier alpha value is -0.870. The summed E-state index contributed by atoms with van der Waals surface area (Å²) in [6.07, 6.45) is 11.1. The lowest BCUT2D eigenvalue weighted by atomic mass is 9.76. The summed E-state index contributed by atoms with van der Waals surface area (Å²) < 4.78 is 2.04. The Balaban J connectivity index is 1.79. The van der Waals surface area contributed by atoms with Gasteiger partial charge in [0.2, 0.25) is 0 Å². The van der Waals surface area contributed by atoms with E-state index in [0.717, 1.165) is 26.2 Å². The van der Waals surface area contributed by atoms with Crippen LogP contribution in [0.4, 0.5) is 0 Å². The number of hydrogen-bond donors (Lipinski definition) is 1. The summed E-state index contributed by atoms with van der Waals surface area (Å²) in [7, 11) is 0. The monoisotopic (exact) mass is 290 g/mol. The van der Waals surface area contributed by atoms with Crippen molar-refractivity contribution in [2.24, 2.45) is 0 Å². The van der Waals surface area contributed by atoms with E-state index in [4.69, 9.17) is 0 Å². The highest BCUT2D eigenvalue weighted by molar-refractivity contribution is 5.09. The van der Waals surface area contributed by atoms with E-state index in [9.17, 15) is 0 Å². The zero-order chi connectivity index (χ0) is 14.9. The van der Waals surface area contributed by atoms with Crippen LogP contribution in [0.1, 0.15) is 58.4 Å². The number of hydrogen-bond acceptors (Lipinski definition) is 3. The normalized spacial score (nSPS) is 25.3. The number of aryl methyl sites for hydroxylation is 1. The van der Waals surface area contributed by atoms with E-state index < -0.39 is 0 Å². The highest BCUT2D eigenvalue weighted by Gasteiger charge is 2.44. The molecule has 0 unspecified atom stereocenters. The molecule has 0 atom stereocenters. The van der Waals surface area contributed by atoms with Gasteiger partial charge < -0.3 is 5.32 Å². The van der Waals surface area contributed by atoms with Crippen molar-refractivity contribution in [2.75, 3.05) is 13.1 Å². The first-order chi connectivity index (χ1) is 10.0. The van der Waals surface area contributed by atoms with Crippen molar-refractivity contribution in [3.05, 3.63) is 18.0 Å². The molecule has 3 rings (SSSR count). The van der Waals surface area contributed by atoms with Crippen molar-refractivity contribution in [1.29, 1.82) is 0 Å². The Kier molecular flexibility index (Phi) is 4.10. The second-order valence-electron chi connectivity index (χ2n) is 7.58. The molecule has 0 aromatic carbocycles. The van der Waals surface area contributed by atoms with Gasteiger partial charge in [0.25, 0.3) is 0 Å². The van der Waals surface area contributed by atoms with Gasteiger partial charge in [-0.1, -0.05) is 19.3 Å². The maximum absolute atomic E-state index is 4.44. The van der Waals surface area contributed by atoms with E-state index in [1.807, 2.05) is 4.68 Å². The van der Waals surface area contributed by atoms with Crippen molar-refractivity contribution in [2.45, 2.75) is 77.0 Å². The number of nitrogens with one attached hydrogen (secondary N) is 1. The van der Waals surface area contributed by atoms with Crippen LogP contribution < -0.4 is 5.32 Å². The molecule has 1 aliphatic carbocycles. The van der Waals surface area contributed by atoms with Crippen molar-refractivity contribution in [3.8, 4) is 0 Å². The predicted molar refractivity (Wildman–Crippen MR) is 86.2 cm³/mol. The highest BCUT2D eigenvalue weighted by Crippen LogP contribution is 2.37. The quantitative estimate of drug-likeness (QED) is 0.929. The molecule has 21 heavy (non-hydrogen) atoms. The molecule has 0 amide bonds. The average Bonchev–Trinajstić information content (AvgIpc) is 2.92. The zero-order valence-electron chi connectivity index (χ0n) is 13.9. The molecule has 118 valence electrons. The van der Waals surface area contributed by atoms with Crippen molar-refractivity contribution in [1.82, 2.24) is 20.0 Å². The fraction of sp³-hybridized carbons (Fsp3) is 0.824. The lowest BCUT2D eigenvalue weighted by molar-refractivity contribution is -0.0161. The summed E-state index contributed by atoms with van der Waals surface area (Å²) >= 11 is 0. The molecule has 0 radical (unpaired) electrons. The molecule has 4 heteroatoms. The Morgan fingerprint density at radius 2 is 2.00 bits per heavy atom. The average molecular weight is 290 g/mol. The SMILES string of the molecule is CCn1cc(CN2CC(C)(C)NCC23CCCCC3)cn1. The van der Waals surface area contributed by atoms with Crippen LogP contribution in [-0.2, 0) is 13.1 Å². The Bertz CT molecular complexity index is 471. The van der Waals surface area contributed by atoms with Gasteiger partial charge >= 0.3 is 0 Å². The number of piperazine rings is 1. The first-order valence-corrected chi connectivity index (χ1v) is 8.54. The third kappa shape index (κ3) is 3.16. The standard InChI is InChI=1S/C17H30N4/c1-4-21-12-15(10-19-21)11-20-14-16(2,3)18-13-17(20)8-6-5-7-9-17/h10,12,18H,4-9,11,13-14H2,1-3H3. The third-order valence-corrected chi connectivity index (χ3v) is 5.32. The molecule has 0 bridgehead atoms. The van der Waals surface area contributed by atoms with Crippen LogP contribution in [0.3, 0.4) is 0 Å².